The minimum absolute atomic E-state index is 0.00868. The number of aryl methyl sites for hydroxylation is 2. The van der Waals surface area contributed by atoms with Crippen molar-refractivity contribution in [2.24, 2.45) is 0 Å². The van der Waals surface area contributed by atoms with Crippen molar-refractivity contribution in [1.82, 2.24) is 29.7 Å². The fraction of sp³-hybridized carbons (Fsp3) is 0.391. The normalized spacial score (nSPS) is 19.6. The first-order valence-corrected chi connectivity index (χ1v) is 10.6. The van der Waals surface area contributed by atoms with Gasteiger partial charge in [0, 0.05) is 17.0 Å². The molecule has 0 aliphatic carbocycles. The van der Waals surface area contributed by atoms with Crippen LogP contribution in [0.25, 0.3) is 27.7 Å². The molecule has 7 heteroatoms. The number of nitrogens with zero attached hydrogens (tertiary/aromatic N) is 5. The number of rotatable bonds is 3. The van der Waals surface area contributed by atoms with Gasteiger partial charge in [-0.15, -0.1) is 0 Å². The Kier molecular flexibility index (Phi) is 4.62. The summed E-state index contributed by atoms with van der Waals surface area (Å²) in [5.41, 5.74) is 4.69. The Hall–Kier alpha value is -3.06. The number of piperidine rings is 1. The lowest BCUT2D eigenvalue weighted by molar-refractivity contribution is 0.273. The zero-order chi connectivity index (χ0) is 20.8. The van der Waals surface area contributed by atoms with Crippen LogP contribution in [0.2, 0.25) is 0 Å². The van der Waals surface area contributed by atoms with Gasteiger partial charge in [-0.2, -0.15) is 10.2 Å². The average molecular weight is 403 g/mol. The summed E-state index contributed by atoms with van der Waals surface area (Å²) in [4.78, 5) is 17.7. The number of benzene rings is 1. The molecule has 30 heavy (non-hydrogen) atoms. The summed E-state index contributed by atoms with van der Waals surface area (Å²) in [6, 6.07) is 8.53. The number of aromatic nitrogens is 5. The molecule has 0 unspecified atom stereocenters. The number of nitrogens with one attached hydrogen (secondary N) is 1. The molecule has 1 aliphatic heterocycles. The molecule has 4 aromatic rings. The van der Waals surface area contributed by atoms with Crippen molar-refractivity contribution >= 4 is 16.4 Å². The van der Waals surface area contributed by atoms with Gasteiger partial charge in [0.05, 0.1) is 35.2 Å². The van der Waals surface area contributed by atoms with E-state index in [1.54, 1.807) is 4.68 Å². The van der Waals surface area contributed by atoms with Gasteiger partial charge in [-0.25, -0.2) is 14.2 Å². The maximum Gasteiger partial charge on any atom is 0.274 e. The van der Waals surface area contributed by atoms with Gasteiger partial charge in [-0.3, -0.25) is 4.79 Å². The minimum Gasteiger partial charge on any atom is -0.314 e. The zero-order valence-corrected chi connectivity index (χ0v) is 17.6. The molecule has 1 N–H and O–H groups in total. The molecule has 1 aromatic carbocycles. The van der Waals surface area contributed by atoms with Crippen LogP contribution in [0.4, 0.5) is 0 Å². The van der Waals surface area contributed by atoms with Gasteiger partial charge in [-0.1, -0.05) is 13.0 Å². The van der Waals surface area contributed by atoms with E-state index in [1.807, 2.05) is 55.0 Å². The lowest BCUT2D eigenvalue weighted by atomic mass is 9.97. The number of imidazole rings is 1. The molecule has 0 amide bonds. The Morgan fingerprint density at radius 2 is 2.10 bits per heavy atom. The molecule has 1 saturated heterocycles. The van der Waals surface area contributed by atoms with Gasteiger partial charge >= 0.3 is 0 Å². The Balaban J connectivity index is 1.55. The molecule has 2 atom stereocenters. The lowest BCUT2D eigenvalue weighted by Gasteiger charge is -2.30. The summed E-state index contributed by atoms with van der Waals surface area (Å²) in [5, 5.41) is 14.3. The fourth-order valence-corrected chi connectivity index (χ4v) is 4.49. The number of fused-ring (bicyclic) bond motifs is 2. The molecule has 1 fully saturated rings. The first kappa shape index (κ1) is 18.9. The highest BCUT2D eigenvalue weighted by Gasteiger charge is 2.23. The summed E-state index contributed by atoms with van der Waals surface area (Å²) >= 11 is 0. The van der Waals surface area contributed by atoms with Crippen LogP contribution in [-0.2, 0) is 0 Å². The molecule has 0 saturated carbocycles. The van der Waals surface area contributed by atoms with Crippen molar-refractivity contribution in [2.45, 2.75) is 52.1 Å². The van der Waals surface area contributed by atoms with Crippen LogP contribution in [0.1, 0.15) is 43.5 Å². The van der Waals surface area contributed by atoms with Gasteiger partial charge in [0.25, 0.3) is 5.56 Å². The van der Waals surface area contributed by atoms with E-state index < -0.39 is 0 Å². The van der Waals surface area contributed by atoms with Crippen molar-refractivity contribution in [3.8, 4) is 11.3 Å². The van der Waals surface area contributed by atoms with E-state index >= 15 is 0 Å². The van der Waals surface area contributed by atoms with E-state index in [0.29, 0.717) is 11.4 Å². The number of hydrogen-bond donors (Lipinski definition) is 1. The van der Waals surface area contributed by atoms with Crippen molar-refractivity contribution < 1.29 is 0 Å². The molecule has 1 aliphatic rings. The highest BCUT2D eigenvalue weighted by Crippen LogP contribution is 2.25. The van der Waals surface area contributed by atoms with Crippen molar-refractivity contribution in [3.05, 3.63) is 58.3 Å². The summed E-state index contributed by atoms with van der Waals surface area (Å²) in [5.74, 6) is 0. The lowest BCUT2D eigenvalue weighted by Crippen LogP contribution is -2.41. The van der Waals surface area contributed by atoms with Gasteiger partial charge < -0.3 is 5.32 Å². The Morgan fingerprint density at radius 1 is 1.23 bits per heavy atom. The average Bonchev–Trinajstić information content (AvgIpc) is 3.14. The first-order valence-electron chi connectivity index (χ1n) is 10.6. The maximum atomic E-state index is 13.2. The van der Waals surface area contributed by atoms with Gasteiger partial charge in [0.1, 0.15) is 0 Å². The fourth-order valence-electron chi connectivity index (χ4n) is 4.49. The molecule has 154 valence electrons. The first-order chi connectivity index (χ1) is 14.5. The largest absolute Gasteiger partial charge is 0.314 e. The number of hydrogen-bond acceptors (Lipinski definition) is 5. The van der Waals surface area contributed by atoms with Crippen LogP contribution in [0.3, 0.4) is 0 Å². The molecule has 3 aromatic heterocycles. The SMILES string of the molecule is CC[C@H]1C[C@H](n2ncc3cc(-c4cc(C)c5nc(C)cn5n4)ccc3c2=O)CCN1. The van der Waals surface area contributed by atoms with E-state index in [9.17, 15) is 4.79 Å². The highest BCUT2D eigenvalue weighted by atomic mass is 16.1. The van der Waals surface area contributed by atoms with Crippen LogP contribution in [0, 0.1) is 13.8 Å². The van der Waals surface area contributed by atoms with Gasteiger partial charge in [0.2, 0.25) is 0 Å². The standard InChI is InChI=1S/C23H26N6O/c1-4-18-11-19(7-8-24-18)29-23(30)20-6-5-16(10-17(20)12-25-29)21-9-14(2)22-26-15(3)13-28(22)27-21/h5-6,9-10,12-13,18-19,24H,4,7-8,11H2,1-3H3/t18-,19+/m0/s1. The monoisotopic (exact) mass is 402 g/mol. The Labute approximate surface area is 174 Å². The van der Waals surface area contributed by atoms with Crippen LogP contribution in [0.5, 0.6) is 0 Å². The van der Waals surface area contributed by atoms with Crippen molar-refractivity contribution in [1.29, 1.82) is 0 Å². The van der Waals surface area contributed by atoms with Crippen molar-refractivity contribution in [3.63, 3.8) is 0 Å². The molecule has 4 heterocycles. The second kappa shape index (κ2) is 7.32. The summed E-state index contributed by atoms with van der Waals surface area (Å²) in [6.07, 6.45) is 6.68. The predicted molar refractivity (Wildman–Crippen MR) is 118 cm³/mol. The Morgan fingerprint density at radius 3 is 2.93 bits per heavy atom. The van der Waals surface area contributed by atoms with Crippen LogP contribution < -0.4 is 10.9 Å². The topological polar surface area (TPSA) is 77.1 Å². The zero-order valence-electron chi connectivity index (χ0n) is 17.6. The summed E-state index contributed by atoms with van der Waals surface area (Å²) < 4.78 is 3.51. The summed E-state index contributed by atoms with van der Waals surface area (Å²) in [6.45, 7) is 7.11. The van der Waals surface area contributed by atoms with Crippen LogP contribution in [0.15, 0.2) is 41.5 Å². The van der Waals surface area contributed by atoms with E-state index in [-0.39, 0.29) is 11.6 Å². The van der Waals surface area contributed by atoms with Crippen molar-refractivity contribution in [2.75, 3.05) is 6.54 Å². The second-order valence-electron chi connectivity index (χ2n) is 8.30. The molecule has 5 rings (SSSR count). The minimum atomic E-state index is -0.00868. The smallest absolute Gasteiger partial charge is 0.274 e. The summed E-state index contributed by atoms with van der Waals surface area (Å²) in [7, 11) is 0. The molecule has 7 nitrogen and oxygen atoms in total. The maximum absolute atomic E-state index is 13.2. The molecule has 0 radical (unpaired) electrons. The quantitative estimate of drug-likeness (QED) is 0.568. The van der Waals surface area contributed by atoms with E-state index in [1.165, 1.54) is 0 Å². The third-order valence-electron chi connectivity index (χ3n) is 6.14. The van der Waals surface area contributed by atoms with Crippen LogP contribution >= 0.6 is 0 Å². The molecular formula is C23H26N6O. The third kappa shape index (κ3) is 3.19. The molecular weight excluding hydrogens is 376 g/mol. The Bertz CT molecular complexity index is 1300. The van der Waals surface area contributed by atoms with Gasteiger partial charge in [0.15, 0.2) is 5.65 Å². The van der Waals surface area contributed by atoms with E-state index in [0.717, 1.165) is 59.4 Å². The molecule has 0 bridgehead atoms. The third-order valence-corrected chi connectivity index (χ3v) is 6.14. The van der Waals surface area contributed by atoms with E-state index in [4.69, 9.17) is 5.10 Å². The van der Waals surface area contributed by atoms with Gasteiger partial charge in [-0.05, 0) is 63.4 Å². The highest BCUT2D eigenvalue weighted by molar-refractivity contribution is 5.85. The molecule has 0 spiro atoms. The van der Waals surface area contributed by atoms with Crippen LogP contribution in [-0.4, -0.2) is 37.0 Å². The van der Waals surface area contributed by atoms with E-state index in [2.05, 4.69) is 22.3 Å². The second-order valence-corrected chi connectivity index (χ2v) is 8.30. The predicted octanol–water partition coefficient (Wildman–Crippen LogP) is 3.43.